The Kier molecular flexibility index (Phi) is 10.1. The normalized spacial score (nSPS) is 12.3. The first-order valence-electron chi connectivity index (χ1n) is 14.2. The van der Waals surface area contributed by atoms with Crippen molar-refractivity contribution in [2.75, 3.05) is 0 Å². The highest BCUT2D eigenvalue weighted by Crippen LogP contribution is 2.51. The second-order valence-corrected chi connectivity index (χ2v) is 13.5. The fourth-order valence-corrected chi connectivity index (χ4v) is 5.61. The third-order valence-electron chi connectivity index (χ3n) is 7.08. The molecule has 0 bridgehead atoms. The van der Waals surface area contributed by atoms with Crippen LogP contribution in [0, 0.1) is 30.3 Å². The van der Waals surface area contributed by atoms with E-state index in [4.69, 9.17) is 0 Å². The molecule has 5 aromatic carbocycles. The smallest absolute Gasteiger partial charge is 0.319 e. The van der Waals surface area contributed by atoms with E-state index in [1.165, 1.54) is 0 Å². The van der Waals surface area contributed by atoms with Crippen LogP contribution in [0.25, 0.3) is 10.8 Å². The van der Waals surface area contributed by atoms with Crippen LogP contribution >= 0.6 is 0 Å². The largest absolute Gasteiger partial charge is 0.507 e. The second-order valence-electron chi connectivity index (χ2n) is 10.6. The van der Waals surface area contributed by atoms with Gasteiger partial charge in [0.1, 0.15) is 22.8 Å². The van der Waals surface area contributed by atoms with Gasteiger partial charge in [-0.05, 0) is 35.7 Å². The molecule has 282 valence electrons. The number of aromatic hydroxyl groups is 4. The SMILES string of the molecule is O=[N+]([O-])c1ccc(/N=N/c2c(O)c(/N=N/c3cc([N+](=O)[O-])cc([N+](=O)[O-])c3O)cc(/N=N/c3cc(S(=O)(=O)O)cc4cc(S(=O)(=O)O)cc(O)c34)c2O)cc1. The summed E-state index contributed by atoms with van der Waals surface area (Å²) in [5.41, 5.74) is -6.22. The van der Waals surface area contributed by atoms with Crippen LogP contribution in [0.1, 0.15) is 0 Å². The number of azo groups is 3. The molecular weight excluding hydrogens is 782 g/mol. The van der Waals surface area contributed by atoms with E-state index in [9.17, 15) is 76.7 Å². The van der Waals surface area contributed by atoms with Crippen molar-refractivity contribution in [2.45, 2.75) is 9.79 Å². The van der Waals surface area contributed by atoms with E-state index in [-0.39, 0.29) is 11.4 Å². The number of phenolic OH excluding ortho intramolecular Hbond substituents is 4. The van der Waals surface area contributed by atoms with Gasteiger partial charge in [0.05, 0.1) is 47.4 Å². The fraction of sp³-hybridized carbons (Fsp3) is 0. The van der Waals surface area contributed by atoms with Crippen molar-refractivity contribution < 1.29 is 61.1 Å². The van der Waals surface area contributed by atoms with E-state index in [2.05, 4.69) is 30.7 Å². The number of nitro benzene ring substituents is 3. The zero-order chi connectivity index (χ0) is 40.6. The fourth-order valence-electron chi connectivity index (χ4n) is 4.54. The quantitative estimate of drug-likeness (QED) is 0.0335. The molecule has 55 heavy (non-hydrogen) atoms. The predicted octanol–water partition coefficient (Wildman–Crippen LogP) is 7.13. The number of rotatable bonds is 11. The van der Waals surface area contributed by atoms with Gasteiger partial charge < -0.3 is 20.4 Å². The van der Waals surface area contributed by atoms with E-state index in [0.29, 0.717) is 24.3 Å². The second kappa shape index (κ2) is 14.4. The van der Waals surface area contributed by atoms with Crippen LogP contribution in [-0.2, 0) is 20.2 Å². The van der Waals surface area contributed by atoms with Crippen molar-refractivity contribution in [1.29, 1.82) is 0 Å². The Morgan fingerprint density at radius 1 is 0.509 bits per heavy atom. The maximum absolute atomic E-state index is 12.0. The summed E-state index contributed by atoms with van der Waals surface area (Å²) in [6, 6.07) is 8.77. The maximum atomic E-state index is 12.0. The third-order valence-corrected chi connectivity index (χ3v) is 8.74. The Hall–Kier alpha value is -7.62. The summed E-state index contributed by atoms with van der Waals surface area (Å²) in [5.74, 6) is -4.18. The van der Waals surface area contributed by atoms with Gasteiger partial charge >= 0.3 is 5.69 Å². The first kappa shape index (κ1) is 38.6. The summed E-state index contributed by atoms with van der Waals surface area (Å²) in [4.78, 5) is 29.0. The molecule has 0 spiro atoms. The van der Waals surface area contributed by atoms with Gasteiger partial charge in [0, 0.05) is 30.3 Å². The molecule has 6 N–H and O–H groups in total. The lowest BCUT2D eigenvalue weighted by Gasteiger charge is -2.10. The Bertz CT molecular complexity index is 2790. The van der Waals surface area contributed by atoms with Crippen LogP contribution in [0.3, 0.4) is 0 Å². The molecule has 0 aromatic heterocycles. The number of hydrogen-bond donors (Lipinski definition) is 6. The first-order chi connectivity index (χ1) is 25.6. The van der Waals surface area contributed by atoms with Gasteiger partial charge in [-0.15, -0.1) is 25.6 Å². The van der Waals surface area contributed by atoms with Crippen molar-refractivity contribution in [2.24, 2.45) is 30.7 Å². The molecule has 0 unspecified atom stereocenters. The summed E-state index contributed by atoms with van der Waals surface area (Å²) < 4.78 is 66.7. The molecular formula is C28H17N9O16S2. The number of benzene rings is 5. The molecule has 5 rings (SSSR count). The minimum atomic E-state index is -5.06. The van der Waals surface area contributed by atoms with Crippen molar-refractivity contribution in [3.63, 3.8) is 0 Å². The lowest BCUT2D eigenvalue weighted by atomic mass is 10.1. The molecule has 25 nitrogen and oxygen atoms in total. The van der Waals surface area contributed by atoms with E-state index < -0.39 is 118 Å². The van der Waals surface area contributed by atoms with Crippen LogP contribution < -0.4 is 0 Å². The molecule has 0 saturated heterocycles. The molecule has 0 atom stereocenters. The molecule has 0 saturated carbocycles. The molecule has 0 radical (unpaired) electrons. The molecule has 5 aromatic rings. The number of nitro groups is 3. The maximum Gasteiger partial charge on any atom is 0.319 e. The van der Waals surface area contributed by atoms with E-state index in [1.807, 2.05) is 0 Å². The number of nitrogens with zero attached hydrogens (tertiary/aromatic N) is 9. The van der Waals surface area contributed by atoms with E-state index >= 15 is 0 Å². The van der Waals surface area contributed by atoms with Gasteiger partial charge in [-0.2, -0.15) is 21.9 Å². The summed E-state index contributed by atoms with van der Waals surface area (Å²) in [5, 5.41) is 98.1. The highest BCUT2D eigenvalue weighted by molar-refractivity contribution is 7.86. The first-order valence-corrected chi connectivity index (χ1v) is 17.0. The summed E-state index contributed by atoms with van der Waals surface area (Å²) in [6.07, 6.45) is 0. The Morgan fingerprint density at radius 2 is 1.00 bits per heavy atom. The molecule has 0 aliphatic heterocycles. The average molecular weight is 800 g/mol. The van der Waals surface area contributed by atoms with Crippen LogP contribution in [0.2, 0.25) is 0 Å². The zero-order valence-corrected chi connectivity index (χ0v) is 28.1. The van der Waals surface area contributed by atoms with Crippen molar-refractivity contribution in [1.82, 2.24) is 0 Å². The monoisotopic (exact) mass is 799 g/mol. The van der Waals surface area contributed by atoms with Gasteiger partial charge in [0.15, 0.2) is 17.2 Å². The topological polar surface area (TPSA) is 393 Å². The zero-order valence-electron chi connectivity index (χ0n) is 26.5. The Morgan fingerprint density at radius 3 is 1.49 bits per heavy atom. The van der Waals surface area contributed by atoms with E-state index in [0.717, 1.165) is 42.5 Å². The molecule has 27 heteroatoms. The van der Waals surface area contributed by atoms with Gasteiger partial charge in [-0.3, -0.25) is 39.4 Å². The van der Waals surface area contributed by atoms with Crippen LogP contribution in [0.4, 0.5) is 51.2 Å². The lowest BCUT2D eigenvalue weighted by molar-refractivity contribution is -0.394. The van der Waals surface area contributed by atoms with Crippen molar-refractivity contribution in [3.8, 4) is 23.0 Å². The van der Waals surface area contributed by atoms with Crippen molar-refractivity contribution >= 4 is 82.2 Å². The number of non-ortho nitro benzene ring substituents is 2. The number of hydrogen-bond acceptors (Lipinski definition) is 20. The number of phenols is 4. The molecule has 0 heterocycles. The highest BCUT2D eigenvalue weighted by Gasteiger charge is 2.25. The molecule has 0 fully saturated rings. The highest BCUT2D eigenvalue weighted by atomic mass is 32.2. The van der Waals surface area contributed by atoms with Gasteiger partial charge in [-0.25, -0.2) is 0 Å². The Balaban J connectivity index is 1.73. The van der Waals surface area contributed by atoms with Gasteiger partial charge in [-0.1, -0.05) is 0 Å². The predicted molar refractivity (Wildman–Crippen MR) is 182 cm³/mol. The summed E-state index contributed by atoms with van der Waals surface area (Å²) in [6.45, 7) is 0. The molecule has 0 aliphatic carbocycles. The summed E-state index contributed by atoms with van der Waals surface area (Å²) in [7, 11) is -10.0. The third kappa shape index (κ3) is 8.23. The average Bonchev–Trinajstić information content (AvgIpc) is 3.10. The standard InChI is InChI=1S/C28H17N9O16S2/c38-23-10-17(55(51,52)53)6-12-5-16(54(48,49)50)9-18(24(12)23)30-32-20-11-21(33-31-19-7-15(36(44)45)8-22(26(19)39)37(46)47)28(41)25(27(20)40)34-29-13-1-3-14(4-2-13)35(42)43/h1-11,38-41H,(H,48,49,50)(H,51,52,53)/b32-30+,33-31+,34-29+. The van der Waals surface area contributed by atoms with Crippen molar-refractivity contribution in [3.05, 3.63) is 97.1 Å². The lowest BCUT2D eigenvalue weighted by Crippen LogP contribution is -2.00. The number of fused-ring (bicyclic) bond motifs is 1. The summed E-state index contributed by atoms with van der Waals surface area (Å²) >= 11 is 0. The van der Waals surface area contributed by atoms with Crippen LogP contribution in [0.15, 0.2) is 107 Å². The van der Waals surface area contributed by atoms with Gasteiger partial charge in [0.2, 0.25) is 5.75 Å². The minimum absolute atomic E-state index is 0.0679. The molecule has 0 aliphatic rings. The minimum Gasteiger partial charge on any atom is -0.507 e. The molecule has 0 amide bonds. The Labute approximate surface area is 303 Å². The van der Waals surface area contributed by atoms with Crippen LogP contribution in [0.5, 0.6) is 23.0 Å². The van der Waals surface area contributed by atoms with Crippen LogP contribution in [-0.4, -0.2) is 61.1 Å². The van der Waals surface area contributed by atoms with E-state index in [1.54, 1.807) is 0 Å². The van der Waals surface area contributed by atoms with Gasteiger partial charge in [0.25, 0.3) is 31.6 Å².